The van der Waals surface area contributed by atoms with Gasteiger partial charge in [-0.1, -0.05) is 65.2 Å². The van der Waals surface area contributed by atoms with Crippen molar-refractivity contribution in [1.82, 2.24) is 5.32 Å². The van der Waals surface area contributed by atoms with Crippen LogP contribution in [-0.2, 0) is 0 Å². The number of furan rings is 1. The van der Waals surface area contributed by atoms with E-state index in [0.29, 0.717) is 6.04 Å². The molecule has 21 heavy (non-hydrogen) atoms. The van der Waals surface area contributed by atoms with E-state index in [2.05, 4.69) is 41.2 Å². The molecule has 0 bridgehead atoms. The maximum Gasteiger partial charge on any atom is 0.169 e. The molecule has 0 aliphatic rings. The van der Waals surface area contributed by atoms with Gasteiger partial charge in [0.1, 0.15) is 5.76 Å². The molecule has 0 fully saturated rings. The van der Waals surface area contributed by atoms with Gasteiger partial charge < -0.3 is 9.73 Å². The van der Waals surface area contributed by atoms with Crippen LogP contribution in [0.3, 0.4) is 0 Å². The third kappa shape index (κ3) is 8.67. The molecule has 0 spiro atoms. The van der Waals surface area contributed by atoms with Crippen LogP contribution in [0.1, 0.15) is 89.9 Å². The molecule has 0 amide bonds. The zero-order chi connectivity index (χ0) is 15.3. The molecule has 0 saturated heterocycles. The summed E-state index contributed by atoms with van der Waals surface area (Å²) in [5, 5.41) is 3.60. The predicted octanol–water partition coefficient (Wildman–Crippen LogP) is 6.61. The lowest BCUT2D eigenvalue weighted by atomic mass is 10.0. The fourth-order valence-electron chi connectivity index (χ4n) is 2.66. The molecule has 1 atom stereocenters. The normalized spacial score (nSPS) is 12.7. The SMILES string of the molecule is CCCCCCCCCCC(NCCC)c1ccc(Br)o1. The van der Waals surface area contributed by atoms with E-state index < -0.39 is 0 Å². The van der Waals surface area contributed by atoms with Crippen LogP contribution in [0.5, 0.6) is 0 Å². The van der Waals surface area contributed by atoms with Gasteiger partial charge in [0.05, 0.1) is 6.04 Å². The van der Waals surface area contributed by atoms with E-state index in [9.17, 15) is 0 Å². The van der Waals surface area contributed by atoms with Crippen LogP contribution in [0.2, 0.25) is 0 Å². The molecular formula is C18H32BrNO. The van der Waals surface area contributed by atoms with E-state index in [0.717, 1.165) is 23.4 Å². The Morgan fingerprint density at radius 3 is 2.19 bits per heavy atom. The minimum Gasteiger partial charge on any atom is -0.453 e. The minimum atomic E-state index is 0.372. The number of halogens is 1. The molecule has 1 aromatic heterocycles. The van der Waals surface area contributed by atoms with Gasteiger partial charge in [0.15, 0.2) is 4.67 Å². The lowest BCUT2D eigenvalue weighted by Crippen LogP contribution is -2.21. The fourth-order valence-corrected chi connectivity index (χ4v) is 2.98. The highest BCUT2D eigenvalue weighted by Gasteiger charge is 2.14. The number of rotatable bonds is 13. The monoisotopic (exact) mass is 357 g/mol. The Kier molecular flexibility index (Phi) is 11.0. The Morgan fingerprint density at radius 2 is 1.62 bits per heavy atom. The van der Waals surface area contributed by atoms with Crippen LogP contribution in [0.15, 0.2) is 21.2 Å². The molecule has 122 valence electrons. The molecule has 0 saturated carbocycles. The van der Waals surface area contributed by atoms with Crippen molar-refractivity contribution in [2.24, 2.45) is 0 Å². The van der Waals surface area contributed by atoms with Crippen LogP contribution in [0.4, 0.5) is 0 Å². The van der Waals surface area contributed by atoms with Crippen LogP contribution >= 0.6 is 15.9 Å². The van der Waals surface area contributed by atoms with Crippen molar-refractivity contribution >= 4 is 15.9 Å². The molecule has 1 rings (SSSR count). The molecule has 0 aliphatic heterocycles. The average Bonchev–Trinajstić information content (AvgIpc) is 2.91. The van der Waals surface area contributed by atoms with Crippen LogP contribution in [0.25, 0.3) is 0 Å². The average molecular weight is 358 g/mol. The second-order valence-electron chi connectivity index (χ2n) is 5.91. The highest BCUT2D eigenvalue weighted by atomic mass is 79.9. The Labute approximate surface area is 139 Å². The van der Waals surface area contributed by atoms with E-state index >= 15 is 0 Å². The summed E-state index contributed by atoms with van der Waals surface area (Å²) >= 11 is 3.40. The van der Waals surface area contributed by atoms with Crippen molar-refractivity contribution in [1.29, 1.82) is 0 Å². The minimum absolute atomic E-state index is 0.372. The van der Waals surface area contributed by atoms with Gasteiger partial charge >= 0.3 is 0 Å². The molecule has 2 nitrogen and oxygen atoms in total. The van der Waals surface area contributed by atoms with Crippen LogP contribution in [-0.4, -0.2) is 6.54 Å². The summed E-state index contributed by atoms with van der Waals surface area (Å²) in [5.41, 5.74) is 0. The molecule has 3 heteroatoms. The molecule has 1 heterocycles. The van der Waals surface area contributed by atoms with Crippen molar-refractivity contribution in [3.05, 3.63) is 22.6 Å². The Balaban J connectivity index is 2.18. The van der Waals surface area contributed by atoms with Gasteiger partial charge in [0.25, 0.3) is 0 Å². The largest absolute Gasteiger partial charge is 0.453 e. The van der Waals surface area contributed by atoms with Crippen LogP contribution < -0.4 is 5.32 Å². The first-order valence-electron chi connectivity index (χ1n) is 8.76. The van der Waals surface area contributed by atoms with E-state index in [1.54, 1.807) is 0 Å². The number of unbranched alkanes of at least 4 members (excludes halogenated alkanes) is 7. The summed E-state index contributed by atoms with van der Waals surface area (Å²) in [6.45, 7) is 5.54. The molecule has 1 aromatic rings. The standard InChI is InChI=1S/C18H32BrNO/c1-3-5-6-7-8-9-10-11-12-16(20-15-4-2)17-13-14-18(19)21-17/h13-14,16,20H,3-12,15H2,1-2H3. The van der Waals surface area contributed by atoms with Gasteiger partial charge in [-0.05, 0) is 47.4 Å². The zero-order valence-electron chi connectivity index (χ0n) is 13.8. The first kappa shape index (κ1) is 18.8. The van der Waals surface area contributed by atoms with Crippen molar-refractivity contribution in [3.63, 3.8) is 0 Å². The highest BCUT2D eigenvalue weighted by molar-refractivity contribution is 9.10. The summed E-state index contributed by atoms with van der Waals surface area (Å²) in [4.78, 5) is 0. The van der Waals surface area contributed by atoms with Crippen molar-refractivity contribution in [3.8, 4) is 0 Å². The Bertz CT molecular complexity index is 351. The van der Waals surface area contributed by atoms with E-state index in [1.807, 2.05) is 6.07 Å². The highest BCUT2D eigenvalue weighted by Crippen LogP contribution is 2.25. The lowest BCUT2D eigenvalue weighted by molar-refractivity contribution is 0.376. The Hall–Kier alpha value is -0.280. The Morgan fingerprint density at radius 1 is 0.952 bits per heavy atom. The summed E-state index contributed by atoms with van der Waals surface area (Å²) in [7, 11) is 0. The molecule has 0 aliphatic carbocycles. The first-order valence-corrected chi connectivity index (χ1v) is 9.55. The second kappa shape index (κ2) is 12.3. The van der Waals surface area contributed by atoms with Gasteiger partial charge in [-0.25, -0.2) is 0 Å². The number of nitrogens with one attached hydrogen (secondary N) is 1. The van der Waals surface area contributed by atoms with Gasteiger partial charge in [-0.3, -0.25) is 0 Å². The van der Waals surface area contributed by atoms with Crippen LogP contribution in [0, 0.1) is 0 Å². The summed E-state index contributed by atoms with van der Waals surface area (Å²) in [6, 6.07) is 4.45. The fraction of sp³-hybridized carbons (Fsp3) is 0.778. The van der Waals surface area contributed by atoms with Crippen molar-refractivity contribution < 1.29 is 4.42 Å². The molecule has 0 radical (unpaired) electrons. The maximum absolute atomic E-state index is 5.72. The van der Waals surface area contributed by atoms with Crippen molar-refractivity contribution in [2.45, 2.75) is 84.1 Å². The molecule has 1 N–H and O–H groups in total. The van der Waals surface area contributed by atoms with Crippen molar-refractivity contribution in [2.75, 3.05) is 6.54 Å². The van der Waals surface area contributed by atoms with Gasteiger partial charge in [0.2, 0.25) is 0 Å². The summed E-state index contributed by atoms with van der Waals surface area (Å²) < 4.78 is 6.55. The predicted molar refractivity (Wildman–Crippen MR) is 94.7 cm³/mol. The molecule has 0 aromatic carbocycles. The maximum atomic E-state index is 5.72. The zero-order valence-corrected chi connectivity index (χ0v) is 15.4. The topological polar surface area (TPSA) is 25.2 Å². The smallest absolute Gasteiger partial charge is 0.169 e. The lowest BCUT2D eigenvalue weighted by Gasteiger charge is -2.16. The van der Waals surface area contributed by atoms with E-state index in [-0.39, 0.29) is 0 Å². The molecular weight excluding hydrogens is 326 g/mol. The van der Waals surface area contributed by atoms with Gasteiger partial charge in [-0.2, -0.15) is 0 Å². The quantitative estimate of drug-likeness (QED) is 0.401. The summed E-state index contributed by atoms with van der Waals surface area (Å²) in [5.74, 6) is 1.07. The van der Waals surface area contributed by atoms with Gasteiger partial charge in [-0.15, -0.1) is 0 Å². The first-order chi connectivity index (χ1) is 10.3. The molecule has 1 unspecified atom stereocenters. The third-order valence-electron chi connectivity index (χ3n) is 3.92. The second-order valence-corrected chi connectivity index (χ2v) is 6.69. The summed E-state index contributed by atoms with van der Waals surface area (Å²) in [6.07, 6.45) is 13.3. The van der Waals surface area contributed by atoms with Gasteiger partial charge in [0, 0.05) is 0 Å². The van der Waals surface area contributed by atoms with E-state index in [4.69, 9.17) is 4.42 Å². The number of hydrogen-bond donors (Lipinski definition) is 1. The third-order valence-corrected chi connectivity index (χ3v) is 4.35. The number of hydrogen-bond acceptors (Lipinski definition) is 2. The van der Waals surface area contributed by atoms with E-state index in [1.165, 1.54) is 57.8 Å².